The van der Waals surface area contributed by atoms with Crippen molar-refractivity contribution in [1.82, 2.24) is 15.2 Å². The average Bonchev–Trinajstić information content (AvgIpc) is 3.05. The van der Waals surface area contributed by atoms with Crippen LogP contribution < -0.4 is 5.32 Å². The first-order valence-electron chi connectivity index (χ1n) is 8.31. The Balaban J connectivity index is 0.00000192. The van der Waals surface area contributed by atoms with Crippen LogP contribution in [-0.4, -0.2) is 35.6 Å². The highest BCUT2D eigenvalue weighted by molar-refractivity contribution is 7.13. The van der Waals surface area contributed by atoms with E-state index < -0.39 is 0 Å². The van der Waals surface area contributed by atoms with Gasteiger partial charge in [-0.3, -0.25) is 4.90 Å². The van der Waals surface area contributed by atoms with Gasteiger partial charge in [0.25, 0.3) is 0 Å². The summed E-state index contributed by atoms with van der Waals surface area (Å²) in [6.07, 6.45) is 3.73. The lowest BCUT2D eigenvalue weighted by molar-refractivity contribution is 0.153. The van der Waals surface area contributed by atoms with Crippen LogP contribution >= 0.6 is 23.7 Å². The van der Waals surface area contributed by atoms with Gasteiger partial charge in [0.2, 0.25) is 0 Å². The Morgan fingerprint density at radius 3 is 2.65 bits per heavy atom. The van der Waals surface area contributed by atoms with Crippen LogP contribution in [0.3, 0.4) is 0 Å². The molecule has 0 radical (unpaired) electrons. The smallest absolute Gasteiger partial charge is 0.123 e. The van der Waals surface area contributed by atoms with Gasteiger partial charge in [-0.25, -0.2) is 4.98 Å². The standard InChI is InChI=1S/C18H25N3S.ClH/c1-2-12-21(17-8-10-19-11-9-17)13-16-14-22-18(20-16)15-6-4-3-5-7-15;/h3-7,14,17,19H,2,8-13H2,1H3;1H. The molecule has 1 aliphatic rings. The van der Waals surface area contributed by atoms with Crippen molar-refractivity contribution in [3.05, 3.63) is 41.4 Å². The van der Waals surface area contributed by atoms with E-state index >= 15 is 0 Å². The third-order valence-corrected chi connectivity index (χ3v) is 5.21. The summed E-state index contributed by atoms with van der Waals surface area (Å²) in [7, 11) is 0. The van der Waals surface area contributed by atoms with Crippen molar-refractivity contribution in [2.75, 3.05) is 19.6 Å². The molecule has 2 heterocycles. The van der Waals surface area contributed by atoms with Crippen molar-refractivity contribution < 1.29 is 0 Å². The summed E-state index contributed by atoms with van der Waals surface area (Å²) >= 11 is 1.76. The van der Waals surface area contributed by atoms with Gasteiger partial charge in [0.05, 0.1) is 5.69 Å². The highest BCUT2D eigenvalue weighted by Gasteiger charge is 2.21. The third kappa shape index (κ3) is 5.01. The van der Waals surface area contributed by atoms with Gasteiger partial charge in [-0.1, -0.05) is 37.3 Å². The molecule has 2 aromatic rings. The van der Waals surface area contributed by atoms with Crippen LogP contribution in [0.4, 0.5) is 0 Å². The molecule has 1 N–H and O–H groups in total. The lowest BCUT2D eigenvalue weighted by Gasteiger charge is -2.34. The molecule has 0 aliphatic carbocycles. The minimum atomic E-state index is 0. The number of rotatable bonds is 6. The van der Waals surface area contributed by atoms with E-state index in [0.29, 0.717) is 6.04 Å². The highest BCUT2D eigenvalue weighted by Crippen LogP contribution is 2.25. The van der Waals surface area contributed by atoms with Crippen LogP contribution in [0.1, 0.15) is 31.9 Å². The normalized spacial score (nSPS) is 15.6. The predicted octanol–water partition coefficient (Wildman–Crippen LogP) is 4.20. The lowest BCUT2D eigenvalue weighted by atomic mass is 10.0. The summed E-state index contributed by atoms with van der Waals surface area (Å²) in [5.41, 5.74) is 2.44. The summed E-state index contributed by atoms with van der Waals surface area (Å²) in [4.78, 5) is 7.49. The molecule has 5 heteroatoms. The first kappa shape index (κ1) is 18.4. The Hall–Kier alpha value is -0.940. The molecule has 1 saturated heterocycles. The SMILES string of the molecule is CCCN(Cc1csc(-c2ccccc2)n1)C1CCNCC1.Cl. The molecular formula is C18H26ClN3S. The molecule has 1 aromatic heterocycles. The van der Waals surface area contributed by atoms with Gasteiger partial charge in [0.15, 0.2) is 0 Å². The molecule has 0 saturated carbocycles. The van der Waals surface area contributed by atoms with Gasteiger partial charge in [-0.15, -0.1) is 23.7 Å². The second kappa shape index (κ2) is 9.38. The minimum Gasteiger partial charge on any atom is -0.317 e. The highest BCUT2D eigenvalue weighted by atomic mass is 35.5. The van der Waals surface area contributed by atoms with Gasteiger partial charge in [-0.2, -0.15) is 0 Å². The Kier molecular flexibility index (Phi) is 7.50. The molecule has 0 unspecified atom stereocenters. The zero-order valence-electron chi connectivity index (χ0n) is 13.7. The summed E-state index contributed by atoms with van der Waals surface area (Å²) in [6.45, 7) is 6.73. The summed E-state index contributed by atoms with van der Waals surface area (Å²) in [6, 6.07) is 11.2. The number of halogens is 1. The topological polar surface area (TPSA) is 28.2 Å². The lowest BCUT2D eigenvalue weighted by Crippen LogP contribution is -2.43. The first-order chi connectivity index (χ1) is 10.9. The number of piperidine rings is 1. The van der Waals surface area contributed by atoms with Crippen LogP contribution in [0.5, 0.6) is 0 Å². The zero-order valence-corrected chi connectivity index (χ0v) is 15.3. The molecule has 23 heavy (non-hydrogen) atoms. The summed E-state index contributed by atoms with van der Waals surface area (Å²) in [5, 5.41) is 6.83. The number of benzene rings is 1. The van der Waals surface area contributed by atoms with Crippen molar-refractivity contribution in [3.63, 3.8) is 0 Å². The molecule has 1 fully saturated rings. The molecular weight excluding hydrogens is 326 g/mol. The predicted molar refractivity (Wildman–Crippen MR) is 101 cm³/mol. The van der Waals surface area contributed by atoms with Crippen molar-refractivity contribution in [1.29, 1.82) is 0 Å². The van der Waals surface area contributed by atoms with E-state index in [2.05, 4.69) is 52.9 Å². The summed E-state index contributed by atoms with van der Waals surface area (Å²) < 4.78 is 0. The Morgan fingerprint density at radius 1 is 1.22 bits per heavy atom. The quantitative estimate of drug-likeness (QED) is 0.845. The van der Waals surface area contributed by atoms with Crippen LogP contribution in [0, 0.1) is 0 Å². The third-order valence-electron chi connectivity index (χ3n) is 4.27. The average molecular weight is 352 g/mol. The molecule has 3 rings (SSSR count). The van der Waals surface area contributed by atoms with Crippen molar-refractivity contribution in [2.24, 2.45) is 0 Å². The molecule has 126 valence electrons. The van der Waals surface area contributed by atoms with E-state index in [-0.39, 0.29) is 12.4 Å². The Morgan fingerprint density at radius 2 is 1.96 bits per heavy atom. The Labute approximate surface area is 149 Å². The Bertz CT molecular complexity index is 567. The molecule has 3 nitrogen and oxygen atoms in total. The summed E-state index contributed by atoms with van der Waals surface area (Å²) in [5.74, 6) is 0. The number of thiazole rings is 1. The van der Waals surface area contributed by atoms with Gasteiger partial charge < -0.3 is 5.32 Å². The maximum absolute atomic E-state index is 4.86. The number of hydrogen-bond acceptors (Lipinski definition) is 4. The maximum atomic E-state index is 4.86. The zero-order chi connectivity index (χ0) is 15.2. The first-order valence-corrected chi connectivity index (χ1v) is 9.19. The van der Waals surface area contributed by atoms with Crippen LogP contribution in [0.25, 0.3) is 10.6 Å². The maximum Gasteiger partial charge on any atom is 0.123 e. The van der Waals surface area contributed by atoms with E-state index in [4.69, 9.17) is 4.98 Å². The van der Waals surface area contributed by atoms with Crippen LogP contribution in [-0.2, 0) is 6.54 Å². The minimum absolute atomic E-state index is 0. The van der Waals surface area contributed by atoms with E-state index in [1.54, 1.807) is 11.3 Å². The number of nitrogens with one attached hydrogen (secondary N) is 1. The monoisotopic (exact) mass is 351 g/mol. The van der Waals surface area contributed by atoms with E-state index in [0.717, 1.165) is 24.6 Å². The molecule has 1 aliphatic heterocycles. The fourth-order valence-corrected chi connectivity index (χ4v) is 3.97. The van der Waals surface area contributed by atoms with Crippen LogP contribution in [0.2, 0.25) is 0 Å². The molecule has 0 bridgehead atoms. The second-order valence-corrected chi connectivity index (χ2v) is 6.82. The number of nitrogens with zero attached hydrogens (tertiary/aromatic N) is 2. The van der Waals surface area contributed by atoms with E-state index in [1.165, 1.54) is 37.1 Å². The molecule has 1 aromatic carbocycles. The van der Waals surface area contributed by atoms with E-state index in [1.807, 2.05) is 0 Å². The molecule has 0 amide bonds. The fourth-order valence-electron chi connectivity index (χ4n) is 3.15. The molecule has 0 spiro atoms. The van der Waals surface area contributed by atoms with Crippen LogP contribution in [0.15, 0.2) is 35.7 Å². The van der Waals surface area contributed by atoms with Crippen molar-refractivity contribution >= 4 is 23.7 Å². The number of hydrogen-bond donors (Lipinski definition) is 1. The van der Waals surface area contributed by atoms with Gasteiger partial charge in [0.1, 0.15) is 5.01 Å². The van der Waals surface area contributed by atoms with Crippen molar-refractivity contribution in [2.45, 2.75) is 38.8 Å². The number of aromatic nitrogens is 1. The van der Waals surface area contributed by atoms with E-state index in [9.17, 15) is 0 Å². The van der Waals surface area contributed by atoms with Gasteiger partial charge >= 0.3 is 0 Å². The van der Waals surface area contributed by atoms with Crippen molar-refractivity contribution in [3.8, 4) is 10.6 Å². The van der Waals surface area contributed by atoms with Gasteiger partial charge in [0, 0.05) is 23.5 Å². The largest absolute Gasteiger partial charge is 0.317 e. The fraction of sp³-hybridized carbons (Fsp3) is 0.500. The molecule has 0 atom stereocenters. The second-order valence-electron chi connectivity index (χ2n) is 5.96. The van der Waals surface area contributed by atoms with Gasteiger partial charge in [-0.05, 0) is 38.9 Å².